The third kappa shape index (κ3) is 7.17. The van der Waals surface area contributed by atoms with Crippen LogP contribution in [0.4, 0.5) is 5.69 Å². The Hall–Kier alpha value is -3.71. The van der Waals surface area contributed by atoms with Crippen LogP contribution < -0.4 is 25.6 Å². The molecule has 2 aliphatic heterocycles. The number of carbonyl (C=O) groups excluding carboxylic acids is 1. The van der Waals surface area contributed by atoms with Gasteiger partial charge in [-0.25, -0.2) is 8.42 Å². The van der Waals surface area contributed by atoms with Gasteiger partial charge in [0, 0.05) is 62.4 Å². The van der Waals surface area contributed by atoms with Crippen molar-refractivity contribution in [3.63, 3.8) is 0 Å². The maximum Gasteiger partial charge on any atom is 0.323 e. The van der Waals surface area contributed by atoms with Crippen LogP contribution in [0.25, 0.3) is 0 Å². The Morgan fingerprint density at radius 1 is 1.19 bits per heavy atom. The number of rotatable bonds is 9. The first-order chi connectivity index (χ1) is 17.8. The summed E-state index contributed by atoms with van der Waals surface area (Å²) in [5.74, 6) is -1.06. The molecule has 4 rings (SSSR count). The number of aliphatic imine (C=N–C) groups is 1. The van der Waals surface area contributed by atoms with Crippen LogP contribution in [0, 0.1) is 0 Å². The van der Waals surface area contributed by atoms with Gasteiger partial charge >= 0.3 is 5.97 Å². The second-order valence-electron chi connectivity index (χ2n) is 8.90. The van der Waals surface area contributed by atoms with E-state index in [0.29, 0.717) is 5.56 Å². The van der Waals surface area contributed by atoms with E-state index in [2.05, 4.69) is 35.5 Å². The fourth-order valence-corrected chi connectivity index (χ4v) is 5.37. The van der Waals surface area contributed by atoms with Crippen molar-refractivity contribution in [1.82, 2.24) is 25.7 Å². The number of carboxylic acid groups (broad SMARTS) is 1. The molecule has 1 saturated heterocycles. The van der Waals surface area contributed by atoms with E-state index >= 15 is 0 Å². The van der Waals surface area contributed by atoms with Gasteiger partial charge in [-0.2, -0.15) is 4.72 Å². The molecule has 0 spiro atoms. The van der Waals surface area contributed by atoms with E-state index in [1.54, 1.807) is 12.1 Å². The molecule has 2 atom stereocenters. The molecule has 1 fully saturated rings. The number of anilines is 1. The molecule has 2 aromatic rings. The highest BCUT2D eigenvalue weighted by molar-refractivity contribution is 7.89. The lowest BCUT2D eigenvalue weighted by atomic mass is 10.0. The molecule has 37 heavy (non-hydrogen) atoms. The predicted molar refractivity (Wildman–Crippen MR) is 138 cm³/mol. The SMILES string of the molecule is O=C(NC[C@H](NS(=O)(=O)c1cccnc1)C(=O)O)c1ccc(N2CCC[C@H](NC3=NCCCN3)C2)cc1. The van der Waals surface area contributed by atoms with E-state index in [1.807, 2.05) is 12.1 Å². The van der Waals surface area contributed by atoms with Crippen molar-refractivity contribution < 1.29 is 23.1 Å². The summed E-state index contributed by atoms with van der Waals surface area (Å²) in [6, 6.07) is 8.50. The molecule has 0 radical (unpaired) electrons. The van der Waals surface area contributed by atoms with Crippen molar-refractivity contribution in [2.45, 2.75) is 36.2 Å². The molecule has 0 aliphatic carbocycles. The van der Waals surface area contributed by atoms with Crippen LogP contribution in [-0.4, -0.2) is 81.2 Å². The number of carboxylic acids is 1. The number of nitrogens with one attached hydrogen (secondary N) is 4. The summed E-state index contributed by atoms with van der Waals surface area (Å²) in [5, 5.41) is 18.7. The summed E-state index contributed by atoms with van der Waals surface area (Å²) in [7, 11) is -4.12. The molecule has 12 nitrogen and oxygen atoms in total. The van der Waals surface area contributed by atoms with Crippen LogP contribution in [0.5, 0.6) is 0 Å². The highest BCUT2D eigenvalue weighted by atomic mass is 32.2. The summed E-state index contributed by atoms with van der Waals surface area (Å²) >= 11 is 0. The minimum Gasteiger partial charge on any atom is -0.480 e. The number of amides is 1. The fourth-order valence-electron chi connectivity index (χ4n) is 4.21. The Morgan fingerprint density at radius 3 is 2.68 bits per heavy atom. The topological polar surface area (TPSA) is 165 Å². The Bertz CT molecular complexity index is 1220. The number of hydrogen-bond acceptors (Lipinski definition) is 9. The maximum absolute atomic E-state index is 12.6. The standard InChI is InChI=1S/C24H31N7O5S/c32-22(28-15-21(23(33)34)30-37(35,36)20-5-1-10-25-14-20)17-6-8-19(9-7-17)31-13-2-4-18(16-31)29-24-26-11-3-12-27-24/h1,5-10,14,18,21,30H,2-4,11-13,15-16H2,(H,28,32)(H,33,34)(H2,26,27,29)/t18-,21-/m0/s1. The molecule has 2 aliphatic rings. The molecule has 1 amide bonds. The van der Waals surface area contributed by atoms with Gasteiger partial charge in [0.05, 0.1) is 0 Å². The first kappa shape index (κ1) is 26.4. The van der Waals surface area contributed by atoms with Crippen LogP contribution in [0.15, 0.2) is 58.7 Å². The van der Waals surface area contributed by atoms with Gasteiger partial charge in [0.25, 0.3) is 5.91 Å². The van der Waals surface area contributed by atoms with Gasteiger partial charge in [-0.15, -0.1) is 0 Å². The number of carbonyl (C=O) groups is 2. The van der Waals surface area contributed by atoms with Gasteiger partial charge in [-0.1, -0.05) is 0 Å². The van der Waals surface area contributed by atoms with Crippen molar-refractivity contribution in [2.75, 3.05) is 37.6 Å². The highest BCUT2D eigenvalue weighted by Gasteiger charge is 2.26. The van der Waals surface area contributed by atoms with Crippen LogP contribution in [-0.2, 0) is 14.8 Å². The largest absolute Gasteiger partial charge is 0.480 e. The van der Waals surface area contributed by atoms with E-state index in [9.17, 15) is 23.1 Å². The summed E-state index contributed by atoms with van der Waals surface area (Å²) in [6.45, 7) is 3.05. The van der Waals surface area contributed by atoms with Crippen molar-refractivity contribution in [3.05, 3.63) is 54.4 Å². The Morgan fingerprint density at radius 2 is 2.00 bits per heavy atom. The monoisotopic (exact) mass is 529 g/mol. The molecule has 1 aromatic heterocycles. The average Bonchev–Trinajstić information content (AvgIpc) is 2.92. The van der Waals surface area contributed by atoms with Gasteiger partial charge in [0.1, 0.15) is 10.9 Å². The molecule has 13 heteroatoms. The van der Waals surface area contributed by atoms with Gasteiger partial charge in [-0.05, 0) is 55.7 Å². The lowest BCUT2D eigenvalue weighted by molar-refractivity contribution is -0.138. The Labute approximate surface area is 215 Å². The average molecular weight is 530 g/mol. The van der Waals surface area contributed by atoms with E-state index in [4.69, 9.17) is 0 Å². The van der Waals surface area contributed by atoms with Crippen molar-refractivity contribution in [2.24, 2.45) is 4.99 Å². The van der Waals surface area contributed by atoms with E-state index in [-0.39, 0.29) is 10.9 Å². The highest BCUT2D eigenvalue weighted by Crippen LogP contribution is 2.21. The smallest absolute Gasteiger partial charge is 0.323 e. The molecule has 5 N–H and O–H groups in total. The zero-order chi connectivity index (χ0) is 26.3. The second-order valence-corrected chi connectivity index (χ2v) is 10.6. The maximum atomic E-state index is 12.6. The summed E-state index contributed by atoms with van der Waals surface area (Å²) in [5.41, 5.74) is 1.32. The number of aliphatic carboxylic acids is 1. The third-order valence-corrected chi connectivity index (χ3v) is 7.62. The minimum absolute atomic E-state index is 0.165. The quantitative estimate of drug-likeness (QED) is 0.304. The number of hydrogen-bond donors (Lipinski definition) is 5. The second kappa shape index (κ2) is 12.0. The van der Waals surface area contributed by atoms with Gasteiger partial charge in [-0.3, -0.25) is 19.6 Å². The summed E-state index contributed by atoms with van der Waals surface area (Å²) in [6.07, 6.45) is 5.64. The molecule has 3 heterocycles. The molecule has 1 aromatic carbocycles. The lowest BCUT2D eigenvalue weighted by Crippen LogP contribution is -2.52. The van der Waals surface area contributed by atoms with Crippen LogP contribution in [0.3, 0.4) is 0 Å². The van der Waals surface area contributed by atoms with Crippen LogP contribution in [0.2, 0.25) is 0 Å². The summed E-state index contributed by atoms with van der Waals surface area (Å²) in [4.78, 5) is 34.6. The van der Waals surface area contributed by atoms with Crippen molar-refractivity contribution >= 4 is 33.5 Å². The van der Waals surface area contributed by atoms with Gasteiger partial charge < -0.3 is 26.0 Å². The molecular formula is C24H31N7O5S. The third-order valence-electron chi connectivity index (χ3n) is 6.16. The van der Waals surface area contributed by atoms with Crippen molar-refractivity contribution in [3.8, 4) is 0 Å². The Kier molecular flexibility index (Phi) is 8.56. The number of piperidine rings is 1. The molecular weight excluding hydrogens is 498 g/mol. The number of pyridine rings is 1. The first-order valence-electron chi connectivity index (χ1n) is 12.1. The molecule has 0 unspecified atom stereocenters. The predicted octanol–water partition coefficient (Wildman–Crippen LogP) is 0.151. The van der Waals surface area contributed by atoms with Crippen LogP contribution in [0.1, 0.15) is 29.6 Å². The lowest BCUT2D eigenvalue weighted by Gasteiger charge is -2.35. The molecule has 198 valence electrons. The summed E-state index contributed by atoms with van der Waals surface area (Å²) < 4.78 is 27.0. The molecule has 0 bridgehead atoms. The Balaban J connectivity index is 1.32. The fraction of sp³-hybridized carbons (Fsp3) is 0.417. The van der Waals surface area contributed by atoms with E-state index in [0.717, 1.165) is 63.3 Å². The number of nitrogens with zero attached hydrogens (tertiary/aromatic N) is 3. The minimum atomic E-state index is -4.12. The number of benzene rings is 1. The normalized spacial score (nSPS) is 18.8. The zero-order valence-electron chi connectivity index (χ0n) is 20.3. The van der Waals surface area contributed by atoms with Gasteiger partial charge in [0.15, 0.2) is 5.96 Å². The number of guanidine groups is 1. The van der Waals surface area contributed by atoms with E-state index < -0.39 is 34.5 Å². The number of aromatic nitrogens is 1. The first-order valence-corrected chi connectivity index (χ1v) is 13.6. The van der Waals surface area contributed by atoms with Crippen molar-refractivity contribution in [1.29, 1.82) is 0 Å². The zero-order valence-corrected chi connectivity index (χ0v) is 21.1. The molecule has 0 saturated carbocycles. The number of sulfonamides is 1. The van der Waals surface area contributed by atoms with E-state index in [1.165, 1.54) is 18.3 Å². The van der Waals surface area contributed by atoms with Crippen LogP contribution >= 0.6 is 0 Å². The van der Waals surface area contributed by atoms with Gasteiger partial charge in [0.2, 0.25) is 10.0 Å².